The summed E-state index contributed by atoms with van der Waals surface area (Å²) >= 11 is 0. The van der Waals surface area contributed by atoms with E-state index < -0.39 is 14.8 Å². The third-order valence-corrected chi connectivity index (χ3v) is 4.53. The fourth-order valence-electron chi connectivity index (χ4n) is 2.11. The Kier molecular flexibility index (Phi) is 4.08. The van der Waals surface area contributed by atoms with Crippen molar-refractivity contribution in [3.63, 3.8) is 0 Å². The molecule has 2 atom stereocenters. The van der Waals surface area contributed by atoms with E-state index >= 15 is 0 Å². The van der Waals surface area contributed by atoms with Gasteiger partial charge in [0, 0.05) is 5.56 Å². The van der Waals surface area contributed by atoms with Gasteiger partial charge in [-0.3, -0.25) is 9.09 Å². The third-order valence-electron chi connectivity index (χ3n) is 3.30. The molecular weight excluding hydrogens is 267 g/mol. The van der Waals surface area contributed by atoms with Crippen molar-refractivity contribution in [2.45, 2.75) is 13.8 Å². The fourth-order valence-corrected chi connectivity index (χ4v) is 3.11. The molecule has 0 saturated carbocycles. The van der Waals surface area contributed by atoms with Crippen LogP contribution in [0, 0.1) is 19.1 Å². The summed E-state index contributed by atoms with van der Waals surface area (Å²) in [7, 11) is -0.958. The summed E-state index contributed by atoms with van der Waals surface area (Å²) in [4.78, 5) is 0. The molecule has 0 spiro atoms. The molecule has 7 heteroatoms. The van der Waals surface area contributed by atoms with E-state index in [-0.39, 0.29) is 5.17 Å². The van der Waals surface area contributed by atoms with Gasteiger partial charge in [0.25, 0.3) is 0 Å². The lowest BCUT2D eigenvalue weighted by Crippen LogP contribution is -3.08. The molecule has 2 rings (SSSR count). The summed E-state index contributed by atoms with van der Waals surface area (Å²) in [6, 6.07) is 3.66. The molecule has 19 heavy (non-hydrogen) atoms. The Morgan fingerprint density at radius 1 is 1.47 bits per heavy atom. The average molecular weight is 284 g/mol. The standard InChI is InChI=1S/C12H17N2O4P/c1-8-4-5-10-11(19(17)18-7-15)6-13(3)14(16)12(10)9(8)2/h4-6,14-15,19H,7H2,1-3H3. The Morgan fingerprint density at radius 2 is 2.16 bits per heavy atom. The highest BCUT2D eigenvalue weighted by molar-refractivity contribution is 7.51. The van der Waals surface area contributed by atoms with Gasteiger partial charge in [0.1, 0.15) is 0 Å². The molecule has 0 radical (unpaired) electrons. The van der Waals surface area contributed by atoms with Crippen molar-refractivity contribution in [2.24, 2.45) is 0 Å². The summed E-state index contributed by atoms with van der Waals surface area (Å²) in [5, 5.41) is 22.7. The number of hydrogen-bond acceptors (Lipinski definition) is 5. The SMILES string of the molecule is Cc1ccc2c(c1C)[NH+]([O-])N(C)C=C2[PH](=O)OCO. The molecule has 2 N–H and O–H groups in total. The molecule has 1 aliphatic heterocycles. The van der Waals surface area contributed by atoms with Crippen LogP contribution >= 0.6 is 8.03 Å². The van der Waals surface area contributed by atoms with Gasteiger partial charge in [0.15, 0.2) is 12.5 Å². The summed E-state index contributed by atoms with van der Waals surface area (Å²) in [5.74, 6) is 0. The minimum atomic E-state index is -2.57. The fraction of sp³-hybridized carbons (Fsp3) is 0.333. The topological polar surface area (TPSA) is 77.3 Å². The maximum absolute atomic E-state index is 12.2. The number of benzene rings is 1. The second-order valence-corrected chi connectivity index (χ2v) is 5.85. The molecule has 2 unspecified atom stereocenters. The minimum Gasteiger partial charge on any atom is -0.603 e. The Hall–Kier alpha value is -1.17. The zero-order valence-corrected chi connectivity index (χ0v) is 12.1. The van der Waals surface area contributed by atoms with Crippen LogP contribution in [0.1, 0.15) is 16.7 Å². The van der Waals surface area contributed by atoms with Gasteiger partial charge in [0.05, 0.1) is 24.1 Å². The smallest absolute Gasteiger partial charge is 0.225 e. The number of aliphatic hydroxyl groups is 1. The first-order valence-corrected chi connectivity index (χ1v) is 7.16. The highest BCUT2D eigenvalue weighted by atomic mass is 31.1. The number of aryl methyl sites for hydroxylation is 1. The molecule has 0 aliphatic carbocycles. The van der Waals surface area contributed by atoms with Crippen molar-refractivity contribution in [3.05, 3.63) is 40.2 Å². The molecular formula is C12H17N2O4P. The summed E-state index contributed by atoms with van der Waals surface area (Å²) in [5.41, 5.74) is 3.06. The van der Waals surface area contributed by atoms with Crippen molar-refractivity contribution >= 4 is 19.0 Å². The van der Waals surface area contributed by atoms with Crippen LogP contribution in [0.5, 0.6) is 0 Å². The highest BCUT2D eigenvalue weighted by Crippen LogP contribution is 2.45. The molecule has 0 bridgehead atoms. The van der Waals surface area contributed by atoms with Gasteiger partial charge in [-0.05, 0) is 25.5 Å². The van der Waals surface area contributed by atoms with E-state index in [9.17, 15) is 9.77 Å². The molecule has 6 nitrogen and oxygen atoms in total. The van der Waals surface area contributed by atoms with Crippen molar-refractivity contribution in [3.8, 4) is 0 Å². The normalized spacial score (nSPS) is 19.9. The first-order chi connectivity index (χ1) is 8.97. The van der Waals surface area contributed by atoms with Gasteiger partial charge in [-0.15, -0.1) is 0 Å². The van der Waals surface area contributed by atoms with E-state index in [1.165, 1.54) is 11.2 Å². The van der Waals surface area contributed by atoms with E-state index in [2.05, 4.69) is 0 Å². The van der Waals surface area contributed by atoms with Crippen molar-refractivity contribution < 1.29 is 19.4 Å². The number of hydrogen-bond donors (Lipinski definition) is 2. The molecule has 1 aliphatic rings. The maximum atomic E-state index is 12.2. The molecule has 1 aromatic rings. The predicted octanol–water partition coefficient (Wildman–Crippen LogP) is 0.918. The van der Waals surface area contributed by atoms with E-state index in [0.717, 1.165) is 11.1 Å². The van der Waals surface area contributed by atoms with Gasteiger partial charge in [-0.25, -0.2) is 10.2 Å². The minimum absolute atomic E-state index is 0.126. The van der Waals surface area contributed by atoms with Crippen LogP contribution in [0.2, 0.25) is 0 Å². The number of aliphatic hydroxyl groups excluding tert-OH is 1. The molecule has 0 aromatic heterocycles. The van der Waals surface area contributed by atoms with E-state index in [4.69, 9.17) is 9.63 Å². The molecule has 104 valence electrons. The lowest BCUT2D eigenvalue weighted by Gasteiger charge is -2.36. The Balaban J connectivity index is 2.59. The quantitative estimate of drug-likeness (QED) is 0.490. The van der Waals surface area contributed by atoms with Crippen LogP contribution in [0.25, 0.3) is 5.31 Å². The summed E-state index contributed by atoms with van der Waals surface area (Å²) in [6.45, 7) is 3.19. The maximum Gasteiger partial charge on any atom is 0.225 e. The van der Waals surface area contributed by atoms with Gasteiger partial charge in [0.2, 0.25) is 8.03 Å². The lowest BCUT2D eigenvalue weighted by atomic mass is 10.0. The van der Waals surface area contributed by atoms with Crippen LogP contribution < -0.4 is 5.17 Å². The lowest BCUT2D eigenvalue weighted by molar-refractivity contribution is -0.899. The van der Waals surface area contributed by atoms with E-state index in [1.54, 1.807) is 13.1 Å². The highest BCUT2D eigenvalue weighted by Gasteiger charge is 2.28. The van der Waals surface area contributed by atoms with Crippen LogP contribution in [-0.4, -0.2) is 24.0 Å². The monoisotopic (exact) mass is 284 g/mol. The van der Waals surface area contributed by atoms with E-state index in [1.807, 2.05) is 19.9 Å². The predicted molar refractivity (Wildman–Crippen MR) is 72.8 cm³/mol. The largest absolute Gasteiger partial charge is 0.603 e. The first-order valence-electron chi connectivity index (χ1n) is 5.85. The van der Waals surface area contributed by atoms with Crippen molar-refractivity contribution in [2.75, 3.05) is 13.8 Å². The summed E-state index contributed by atoms with van der Waals surface area (Å²) < 4.78 is 16.8. The van der Waals surface area contributed by atoms with E-state index in [0.29, 0.717) is 16.6 Å². The van der Waals surface area contributed by atoms with Gasteiger partial charge < -0.3 is 10.3 Å². The second-order valence-electron chi connectivity index (χ2n) is 4.45. The summed E-state index contributed by atoms with van der Waals surface area (Å²) in [6.07, 6.45) is 1.51. The molecule has 0 amide bonds. The number of quaternary nitrogens is 1. The number of nitrogens with zero attached hydrogens (tertiary/aromatic N) is 1. The van der Waals surface area contributed by atoms with Crippen LogP contribution in [0.4, 0.5) is 5.69 Å². The van der Waals surface area contributed by atoms with Crippen molar-refractivity contribution in [1.82, 2.24) is 5.01 Å². The number of fused-ring (bicyclic) bond motifs is 1. The Morgan fingerprint density at radius 3 is 2.79 bits per heavy atom. The molecule has 0 fully saturated rings. The van der Waals surface area contributed by atoms with Crippen LogP contribution in [0.15, 0.2) is 18.3 Å². The average Bonchev–Trinajstić information content (AvgIpc) is 2.37. The molecule has 0 saturated heterocycles. The third kappa shape index (κ3) is 2.45. The molecule has 1 aromatic carbocycles. The van der Waals surface area contributed by atoms with Crippen LogP contribution in [-0.2, 0) is 9.09 Å². The van der Waals surface area contributed by atoms with Gasteiger partial charge in [-0.1, -0.05) is 6.07 Å². The number of nitrogens with one attached hydrogen (secondary N) is 1. The second kappa shape index (κ2) is 5.45. The first kappa shape index (κ1) is 14.2. The van der Waals surface area contributed by atoms with Gasteiger partial charge in [-0.2, -0.15) is 0 Å². The van der Waals surface area contributed by atoms with Gasteiger partial charge >= 0.3 is 0 Å². The molecule has 1 heterocycles. The zero-order valence-electron chi connectivity index (χ0n) is 11.1. The zero-order chi connectivity index (χ0) is 14.2. The van der Waals surface area contributed by atoms with Crippen molar-refractivity contribution in [1.29, 1.82) is 0 Å². The Labute approximate surface area is 112 Å². The number of rotatable bonds is 3. The van der Waals surface area contributed by atoms with Crippen LogP contribution in [0.3, 0.4) is 0 Å². The Bertz CT molecular complexity index is 559.